The highest BCUT2D eigenvalue weighted by molar-refractivity contribution is 7.11. The number of nitrogens with zero attached hydrogens (tertiary/aromatic N) is 2. The third-order valence-corrected chi connectivity index (χ3v) is 4.59. The molecular weight excluding hydrogens is 274 g/mol. The first-order valence-electron chi connectivity index (χ1n) is 6.61. The Kier molecular flexibility index (Phi) is 5.07. The fraction of sp³-hybridized carbons (Fsp3) is 0.571. The molecule has 0 aromatic carbocycles. The number of aryl methyl sites for hydroxylation is 2. The molecule has 0 spiro atoms. The first kappa shape index (κ1) is 14.6. The normalized spacial score (nSPS) is 11.9. The standard InChI is InChI=1S/C14H21N3S2/c1-14(2,3)15-10-13-17-16-12(19-13)8-4-6-11-7-5-9-18-11/h5,7,9,15H,4,6,8,10H2,1-3H3. The van der Waals surface area contributed by atoms with Crippen LogP contribution in [-0.4, -0.2) is 15.7 Å². The molecule has 0 aliphatic carbocycles. The van der Waals surface area contributed by atoms with Gasteiger partial charge in [0, 0.05) is 16.8 Å². The third kappa shape index (κ3) is 5.38. The van der Waals surface area contributed by atoms with Crippen LogP contribution in [0.15, 0.2) is 17.5 Å². The Morgan fingerprint density at radius 3 is 2.63 bits per heavy atom. The van der Waals surface area contributed by atoms with Gasteiger partial charge in [-0.3, -0.25) is 0 Å². The predicted octanol–water partition coefficient (Wildman–Crippen LogP) is 3.66. The molecule has 0 aliphatic rings. The average molecular weight is 295 g/mol. The Bertz CT molecular complexity index is 483. The van der Waals surface area contributed by atoms with Crippen molar-refractivity contribution in [2.75, 3.05) is 0 Å². The average Bonchev–Trinajstić information content (AvgIpc) is 2.97. The van der Waals surface area contributed by atoms with Gasteiger partial charge in [0.2, 0.25) is 0 Å². The molecule has 3 nitrogen and oxygen atoms in total. The lowest BCUT2D eigenvalue weighted by Crippen LogP contribution is -2.35. The van der Waals surface area contributed by atoms with Crippen LogP contribution in [0.4, 0.5) is 0 Å². The van der Waals surface area contributed by atoms with Crippen molar-refractivity contribution in [2.24, 2.45) is 0 Å². The second kappa shape index (κ2) is 6.59. The van der Waals surface area contributed by atoms with Crippen molar-refractivity contribution < 1.29 is 0 Å². The van der Waals surface area contributed by atoms with Gasteiger partial charge in [-0.2, -0.15) is 0 Å². The van der Waals surface area contributed by atoms with Crippen LogP contribution in [-0.2, 0) is 19.4 Å². The van der Waals surface area contributed by atoms with Gasteiger partial charge >= 0.3 is 0 Å². The predicted molar refractivity (Wildman–Crippen MR) is 82.8 cm³/mol. The summed E-state index contributed by atoms with van der Waals surface area (Å²) in [4.78, 5) is 1.46. The van der Waals surface area contributed by atoms with E-state index < -0.39 is 0 Å². The van der Waals surface area contributed by atoms with E-state index in [2.05, 4.69) is 53.8 Å². The van der Waals surface area contributed by atoms with Gasteiger partial charge in [-0.25, -0.2) is 0 Å². The zero-order chi connectivity index (χ0) is 13.7. The van der Waals surface area contributed by atoms with Crippen molar-refractivity contribution in [2.45, 2.75) is 52.1 Å². The molecule has 0 aliphatic heterocycles. The monoisotopic (exact) mass is 295 g/mol. The fourth-order valence-electron chi connectivity index (χ4n) is 1.67. The quantitative estimate of drug-likeness (QED) is 0.883. The minimum absolute atomic E-state index is 0.130. The minimum atomic E-state index is 0.130. The highest BCUT2D eigenvalue weighted by atomic mass is 32.1. The second-order valence-electron chi connectivity index (χ2n) is 5.63. The van der Waals surface area contributed by atoms with Crippen LogP contribution >= 0.6 is 22.7 Å². The fourth-order valence-corrected chi connectivity index (χ4v) is 3.25. The van der Waals surface area contributed by atoms with Gasteiger partial charge in [0.15, 0.2) is 0 Å². The molecule has 2 aromatic rings. The molecule has 0 radical (unpaired) electrons. The Morgan fingerprint density at radius 2 is 1.95 bits per heavy atom. The highest BCUT2D eigenvalue weighted by Crippen LogP contribution is 2.16. The van der Waals surface area contributed by atoms with E-state index in [-0.39, 0.29) is 5.54 Å². The van der Waals surface area contributed by atoms with Gasteiger partial charge < -0.3 is 5.32 Å². The summed E-state index contributed by atoms with van der Waals surface area (Å²) in [7, 11) is 0. The van der Waals surface area contributed by atoms with Gasteiger partial charge in [0.25, 0.3) is 0 Å². The largest absolute Gasteiger partial charge is 0.306 e. The summed E-state index contributed by atoms with van der Waals surface area (Å²) in [6, 6.07) is 4.31. The molecular formula is C14H21N3S2. The van der Waals surface area contributed by atoms with Crippen molar-refractivity contribution in [3.8, 4) is 0 Å². The molecule has 1 N–H and O–H groups in total. The number of thiophene rings is 1. The van der Waals surface area contributed by atoms with Crippen LogP contribution in [0.3, 0.4) is 0 Å². The van der Waals surface area contributed by atoms with Crippen molar-refractivity contribution in [1.29, 1.82) is 0 Å². The summed E-state index contributed by atoms with van der Waals surface area (Å²) < 4.78 is 0. The zero-order valence-corrected chi connectivity index (χ0v) is 13.4. The molecule has 2 rings (SSSR count). The third-order valence-electron chi connectivity index (χ3n) is 2.67. The van der Waals surface area contributed by atoms with Crippen molar-refractivity contribution in [3.05, 3.63) is 32.4 Å². The topological polar surface area (TPSA) is 37.8 Å². The van der Waals surface area contributed by atoms with Crippen LogP contribution in [0.2, 0.25) is 0 Å². The summed E-state index contributed by atoms with van der Waals surface area (Å²) >= 11 is 3.56. The van der Waals surface area contributed by atoms with Crippen molar-refractivity contribution >= 4 is 22.7 Å². The number of hydrogen-bond acceptors (Lipinski definition) is 5. The van der Waals surface area contributed by atoms with E-state index in [4.69, 9.17) is 0 Å². The van der Waals surface area contributed by atoms with Gasteiger partial charge in [0.1, 0.15) is 10.0 Å². The molecule has 104 valence electrons. The zero-order valence-electron chi connectivity index (χ0n) is 11.8. The molecule has 2 aromatic heterocycles. The lowest BCUT2D eigenvalue weighted by molar-refractivity contribution is 0.423. The molecule has 0 amide bonds. The molecule has 0 saturated heterocycles. The number of nitrogens with one attached hydrogen (secondary N) is 1. The number of hydrogen-bond donors (Lipinski definition) is 1. The van der Waals surface area contributed by atoms with E-state index >= 15 is 0 Å². The summed E-state index contributed by atoms with van der Waals surface area (Å²) in [6.07, 6.45) is 3.33. The van der Waals surface area contributed by atoms with E-state index in [1.807, 2.05) is 11.3 Å². The molecule has 2 heterocycles. The maximum Gasteiger partial charge on any atom is 0.131 e. The van der Waals surface area contributed by atoms with E-state index in [0.717, 1.165) is 35.8 Å². The van der Waals surface area contributed by atoms with E-state index in [9.17, 15) is 0 Å². The van der Waals surface area contributed by atoms with E-state index in [1.165, 1.54) is 4.88 Å². The lowest BCUT2D eigenvalue weighted by atomic mass is 10.1. The summed E-state index contributed by atoms with van der Waals surface area (Å²) in [5.41, 5.74) is 0.130. The lowest BCUT2D eigenvalue weighted by Gasteiger charge is -2.19. The highest BCUT2D eigenvalue weighted by Gasteiger charge is 2.11. The Morgan fingerprint density at radius 1 is 1.16 bits per heavy atom. The van der Waals surface area contributed by atoms with E-state index in [1.54, 1.807) is 11.3 Å². The van der Waals surface area contributed by atoms with Crippen molar-refractivity contribution in [3.63, 3.8) is 0 Å². The number of aromatic nitrogens is 2. The minimum Gasteiger partial charge on any atom is -0.306 e. The molecule has 5 heteroatoms. The van der Waals surface area contributed by atoms with Gasteiger partial charge in [-0.1, -0.05) is 6.07 Å². The maximum atomic E-state index is 4.27. The summed E-state index contributed by atoms with van der Waals surface area (Å²) in [6.45, 7) is 7.30. The molecule has 0 bridgehead atoms. The SMILES string of the molecule is CC(C)(C)NCc1nnc(CCCc2cccs2)s1. The van der Waals surface area contributed by atoms with Gasteiger partial charge in [0.05, 0.1) is 6.54 Å². The Labute approximate surface area is 123 Å². The molecule has 0 fully saturated rings. The van der Waals surface area contributed by atoms with Crippen LogP contribution in [0.25, 0.3) is 0 Å². The molecule has 0 saturated carbocycles. The van der Waals surface area contributed by atoms with Gasteiger partial charge in [-0.05, 0) is 45.1 Å². The summed E-state index contributed by atoms with van der Waals surface area (Å²) in [5, 5.41) is 16.3. The first-order chi connectivity index (χ1) is 9.03. The maximum absolute atomic E-state index is 4.27. The van der Waals surface area contributed by atoms with Crippen LogP contribution in [0.5, 0.6) is 0 Å². The van der Waals surface area contributed by atoms with Crippen molar-refractivity contribution in [1.82, 2.24) is 15.5 Å². The number of rotatable bonds is 6. The Balaban J connectivity index is 1.74. The van der Waals surface area contributed by atoms with Gasteiger partial charge in [-0.15, -0.1) is 32.9 Å². The molecule has 19 heavy (non-hydrogen) atoms. The van der Waals surface area contributed by atoms with Crippen LogP contribution in [0, 0.1) is 0 Å². The second-order valence-corrected chi connectivity index (χ2v) is 7.80. The van der Waals surface area contributed by atoms with Crippen LogP contribution < -0.4 is 5.32 Å². The summed E-state index contributed by atoms with van der Waals surface area (Å²) in [5.74, 6) is 0. The van der Waals surface area contributed by atoms with Crippen LogP contribution in [0.1, 0.15) is 42.1 Å². The van der Waals surface area contributed by atoms with E-state index in [0.29, 0.717) is 0 Å². The molecule has 0 unspecified atom stereocenters. The molecule has 0 atom stereocenters. The smallest absolute Gasteiger partial charge is 0.131 e. The Hall–Kier alpha value is -0.780. The first-order valence-corrected chi connectivity index (χ1v) is 8.31.